The molecule has 0 N–H and O–H groups in total. The molecule has 0 heterocycles. The quantitative estimate of drug-likeness (QED) is 0.600. The zero-order chi connectivity index (χ0) is 17.1. The molecule has 0 radical (unpaired) electrons. The predicted octanol–water partition coefficient (Wildman–Crippen LogP) is 5.82. The summed E-state index contributed by atoms with van der Waals surface area (Å²) >= 11 is 0. The zero-order valence-electron chi connectivity index (χ0n) is 16.5. The van der Waals surface area contributed by atoms with E-state index in [-0.39, 0.29) is 0 Å². The molecule has 0 aliphatic heterocycles. The van der Waals surface area contributed by atoms with E-state index in [1.54, 1.807) is 5.19 Å². The van der Waals surface area contributed by atoms with E-state index in [1.165, 1.54) is 107 Å². The summed E-state index contributed by atoms with van der Waals surface area (Å²) in [6.07, 6.45) is 22.1. The van der Waals surface area contributed by atoms with Crippen LogP contribution in [0.2, 0.25) is 0 Å². The van der Waals surface area contributed by atoms with Gasteiger partial charge in [-0.15, -0.1) is 0 Å². The molecule has 25 heavy (non-hydrogen) atoms. The van der Waals surface area contributed by atoms with Crippen LogP contribution in [0.25, 0.3) is 0 Å². The smallest absolute Gasteiger partial charge is 0.0388 e. The maximum Gasteiger partial charge on any atom is 0.0388 e. The predicted molar refractivity (Wildman–Crippen MR) is 113 cm³/mol. The van der Waals surface area contributed by atoms with Crippen molar-refractivity contribution in [2.24, 2.45) is 0 Å². The molecular weight excluding hydrogens is 316 g/mol. The molecule has 1 aromatic rings. The Morgan fingerprint density at radius 2 is 0.960 bits per heavy atom. The molecule has 4 rings (SSSR count). The Morgan fingerprint density at radius 3 is 1.48 bits per heavy atom. The highest BCUT2D eigenvalue weighted by Crippen LogP contribution is 2.45. The van der Waals surface area contributed by atoms with Crippen molar-refractivity contribution >= 4 is 15.4 Å². The third-order valence-corrected chi connectivity index (χ3v) is 8.48. The van der Waals surface area contributed by atoms with E-state index in [2.05, 4.69) is 12.1 Å². The summed E-state index contributed by atoms with van der Waals surface area (Å²) in [7, 11) is 1.24. The van der Waals surface area contributed by atoms with Gasteiger partial charge >= 0.3 is 0 Å². The lowest BCUT2D eigenvalue weighted by atomic mass is 9.71. The van der Waals surface area contributed by atoms with Crippen LogP contribution in [-0.2, 0) is 0 Å². The summed E-state index contributed by atoms with van der Waals surface area (Å²) in [6.45, 7) is 0. The SMILES string of the molecule is [SiH3]c1ccc(C2CCCCC2)c(C2CCCCC2)c1C1CCCCC1. The van der Waals surface area contributed by atoms with Crippen molar-refractivity contribution in [3.63, 3.8) is 0 Å². The fourth-order valence-electron chi connectivity index (χ4n) is 6.31. The summed E-state index contributed by atoms with van der Waals surface area (Å²) in [4.78, 5) is 0. The van der Waals surface area contributed by atoms with Crippen LogP contribution in [0.3, 0.4) is 0 Å². The van der Waals surface area contributed by atoms with Gasteiger partial charge < -0.3 is 0 Å². The summed E-state index contributed by atoms with van der Waals surface area (Å²) < 4.78 is 0. The van der Waals surface area contributed by atoms with Crippen LogP contribution in [0, 0.1) is 0 Å². The van der Waals surface area contributed by atoms with E-state index < -0.39 is 0 Å². The van der Waals surface area contributed by atoms with Crippen molar-refractivity contribution in [1.29, 1.82) is 0 Å². The van der Waals surface area contributed by atoms with Crippen LogP contribution in [0.15, 0.2) is 12.1 Å². The van der Waals surface area contributed by atoms with Gasteiger partial charge in [0.15, 0.2) is 0 Å². The topological polar surface area (TPSA) is 0 Å². The van der Waals surface area contributed by atoms with Crippen molar-refractivity contribution in [3.8, 4) is 0 Å². The standard InChI is InChI=1S/C24H38Si/c25-22-17-16-21(18-10-4-1-5-11-18)23(19-12-6-2-7-13-19)24(22)20-14-8-3-9-15-20/h16-20H,1-15H2,25H3. The zero-order valence-corrected chi connectivity index (χ0v) is 18.5. The van der Waals surface area contributed by atoms with Gasteiger partial charge in [-0.2, -0.15) is 0 Å². The third-order valence-electron chi connectivity index (χ3n) is 7.61. The number of rotatable bonds is 3. The molecule has 0 spiro atoms. The average Bonchev–Trinajstić information content (AvgIpc) is 2.70. The van der Waals surface area contributed by atoms with Gasteiger partial charge in [0.2, 0.25) is 0 Å². The Hall–Kier alpha value is -0.563. The maximum atomic E-state index is 2.61. The molecule has 138 valence electrons. The largest absolute Gasteiger partial charge is 0.0671 e. The van der Waals surface area contributed by atoms with E-state index in [4.69, 9.17) is 0 Å². The van der Waals surface area contributed by atoms with Gasteiger partial charge in [0, 0.05) is 10.2 Å². The number of hydrogen-bond donors (Lipinski definition) is 0. The molecule has 0 saturated heterocycles. The van der Waals surface area contributed by atoms with Gasteiger partial charge in [0.05, 0.1) is 0 Å². The molecule has 1 heteroatoms. The van der Waals surface area contributed by atoms with E-state index in [0.717, 1.165) is 17.8 Å². The van der Waals surface area contributed by atoms with Gasteiger partial charge in [-0.1, -0.05) is 75.1 Å². The third kappa shape index (κ3) is 3.92. The Balaban J connectivity index is 1.76. The molecule has 3 fully saturated rings. The Morgan fingerprint density at radius 1 is 0.520 bits per heavy atom. The second-order valence-corrected chi connectivity index (χ2v) is 10.4. The normalized spacial score (nSPS) is 24.6. The molecule has 0 bridgehead atoms. The second-order valence-electron chi connectivity index (χ2n) is 9.30. The van der Waals surface area contributed by atoms with Crippen molar-refractivity contribution in [3.05, 3.63) is 28.8 Å². The maximum absolute atomic E-state index is 2.61. The first kappa shape index (κ1) is 17.8. The van der Waals surface area contributed by atoms with Crippen LogP contribution in [0.4, 0.5) is 0 Å². The van der Waals surface area contributed by atoms with Crippen LogP contribution >= 0.6 is 0 Å². The molecule has 3 aliphatic rings. The van der Waals surface area contributed by atoms with E-state index in [0.29, 0.717) is 0 Å². The van der Waals surface area contributed by atoms with E-state index in [1.807, 2.05) is 16.7 Å². The average molecular weight is 355 g/mol. The second kappa shape index (κ2) is 8.42. The summed E-state index contributed by atoms with van der Waals surface area (Å²) in [5.74, 6) is 2.69. The van der Waals surface area contributed by atoms with Crippen LogP contribution in [0.5, 0.6) is 0 Å². The van der Waals surface area contributed by atoms with Crippen molar-refractivity contribution in [1.82, 2.24) is 0 Å². The summed E-state index contributed by atoms with van der Waals surface area (Å²) in [5.41, 5.74) is 5.65. The highest BCUT2D eigenvalue weighted by atomic mass is 28.1. The van der Waals surface area contributed by atoms with Crippen molar-refractivity contribution in [2.75, 3.05) is 0 Å². The van der Waals surface area contributed by atoms with Crippen molar-refractivity contribution < 1.29 is 0 Å². The fourth-order valence-corrected chi connectivity index (χ4v) is 7.16. The Labute approximate surface area is 158 Å². The highest BCUT2D eigenvalue weighted by Gasteiger charge is 2.30. The van der Waals surface area contributed by atoms with Gasteiger partial charge in [-0.05, 0) is 73.0 Å². The lowest BCUT2D eigenvalue weighted by Crippen LogP contribution is -2.24. The van der Waals surface area contributed by atoms with Crippen LogP contribution < -0.4 is 5.19 Å². The summed E-state index contributed by atoms with van der Waals surface area (Å²) in [5, 5.41) is 1.76. The number of hydrogen-bond acceptors (Lipinski definition) is 0. The number of benzene rings is 1. The first-order chi connectivity index (χ1) is 12.3. The lowest BCUT2D eigenvalue weighted by Gasteiger charge is -2.35. The highest BCUT2D eigenvalue weighted by molar-refractivity contribution is 6.33. The van der Waals surface area contributed by atoms with Crippen molar-refractivity contribution in [2.45, 2.75) is 114 Å². The molecule has 0 aromatic heterocycles. The van der Waals surface area contributed by atoms with Gasteiger partial charge in [-0.3, -0.25) is 0 Å². The first-order valence-corrected chi connectivity index (χ1v) is 12.5. The van der Waals surface area contributed by atoms with Gasteiger partial charge in [0.25, 0.3) is 0 Å². The molecule has 0 atom stereocenters. The minimum Gasteiger partial charge on any atom is -0.0671 e. The molecule has 3 saturated carbocycles. The first-order valence-electron chi connectivity index (χ1n) is 11.5. The Kier molecular flexibility index (Phi) is 6.00. The molecule has 0 amide bonds. The minimum absolute atomic E-state index is 0.885. The van der Waals surface area contributed by atoms with Gasteiger partial charge in [0.1, 0.15) is 0 Å². The Bertz CT molecular complexity index is 558. The molecule has 3 aliphatic carbocycles. The van der Waals surface area contributed by atoms with Crippen LogP contribution in [-0.4, -0.2) is 10.2 Å². The monoisotopic (exact) mass is 354 g/mol. The molecule has 0 nitrogen and oxygen atoms in total. The molecule has 1 aromatic carbocycles. The molecule has 0 unspecified atom stereocenters. The summed E-state index contributed by atoms with van der Waals surface area (Å²) in [6, 6.07) is 5.17. The van der Waals surface area contributed by atoms with Crippen LogP contribution in [0.1, 0.15) is 131 Å². The lowest BCUT2D eigenvalue weighted by molar-refractivity contribution is 0.405. The van der Waals surface area contributed by atoms with Gasteiger partial charge in [-0.25, -0.2) is 0 Å². The fraction of sp³-hybridized carbons (Fsp3) is 0.750. The van der Waals surface area contributed by atoms with E-state index in [9.17, 15) is 0 Å². The molecular formula is C24H38Si. The minimum atomic E-state index is 0.885. The van der Waals surface area contributed by atoms with E-state index >= 15 is 0 Å².